The van der Waals surface area contributed by atoms with Crippen LogP contribution in [0.2, 0.25) is 0 Å². The number of rotatable bonds is 6. The monoisotopic (exact) mass is 533 g/mol. The van der Waals surface area contributed by atoms with Gasteiger partial charge in [0, 0.05) is 54.3 Å². The topological polar surface area (TPSA) is 81.3 Å². The average molecular weight is 534 g/mol. The number of hydrogen-bond donors (Lipinski definition) is 2. The van der Waals surface area contributed by atoms with Gasteiger partial charge < -0.3 is 4.90 Å². The van der Waals surface area contributed by atoms with Crippen LogP contribution in [-0.2, 0) is 0 Å². The Hall–Kier alpha value is -3.10. The van der Waals surface area contributed by atoms with Gasteiger partial charge in [-0.2, -0.15) is 0 Å². The fourth-order valence-electron chi connectivity index (χ4n) is 4.91. The first kappa shape index (κ1) is 27.9. The Kier molecular flexibility index (Phi) is 8.63. The molecule has 1 unspecified atom stereocenters. The first-order valence-electron chi connectivity index (χ1n) is 13.3. The van der Waals surface area contributed by atoms with Crippen LogP contribution >= 0.6 is 11.9 Å². The van der Waals surface area contributed by atoms with Crippen molar-refractivity contribution in [1.29, 1.82) is 0 Å². The highest BCUT2D eigenvalue weighted by atomic mass is 32.2. The Balaban J connectivity index is 1.44. The molecule has 7 nitrogen and oxygen atoms in total. The Morgan fingerprint density at radius 1 is 1.03 bits per heavy atom. The smallest absolute Gasteiger partial charge is 0.253 e. The van der Waals surface area contributed by atoms with E-state index < -0.39 is 0 Å². The van der Waals surface area contributed by atoms with E-state index in [-0.39, 0.29) is 16.9 Å². The van der Waals surface area contributed by atoms with Crippen molar-refractivity contribution in [3.8, 4) is 11.3 Å². The molecule has 2 heterocycles. The summed E-state index contributed by atoms with van der Waals surface area (Å²) < 4.78 is 3.16. The van der Waals surface area contributed by atoms with Crippen LogP contribution in [0.4, 0.5) is 5.95 Å². The minimum absolute atomic E-state index is 0.0567. The molecule has 4 rings (SSSR count). The molecular weight excluding hydrogens is 494 g/mol. The number of aryl methyl sites for hydroxylation is 2. The van der Waals surface area contributed by atoms with Gasteiger partial charge in [0.15, 0.2) is 0 Å². The quantitative estimate of drug-likeness (QED) is 0.393. The van der Waals surface area contributed by atoms with E-state index >= 15 is 0 Å². The lowest BCUT2D eigenvalue weighted by atomic mass is 9.87. The number of nitrogens with one attached hydrogen (secondary N) is 2. The van der Waals surface area contributed by atoms with E-state index in [9.17, 15) is 9.59 Å². The van der Waals surface area contributed by atoms with Crippen LogP contribution in [0.25, 0.3) is 11.3 Å². The van der Waals surface area contributed by atoms with E-state index in [0.29, 0.717) is 23.2 Å². The molecule has 8 heteroatoms. The second-order valence-electron chi connectivity index (χ2n) is 11.2. The molecule has 1 aromatic heterocycles. The van der Waals surface area contributed by atoms with Crippen LogP contribution < -0.4 is 10.3 Å². The fourth-order valence-corrected chi connectivity index (χ4v) is 5.55. The number of carbonyl (C=O) groups excluding carboxylic acids is 1. The lowest BCUT2D eigenvalue weighted by molar-refractivity contribution is 0.0746. The van der Waals surface area contributed by atoms with Crippen molar-refractivity contribution in [2.45, 2.75) is 58.9 Å². The van der Waals surface area contributed by atoms with E-state index in [1.54, 1.807) is 0 Å². The number of H-pyrrole nitrogens is 1. The highest BCUT2D eigenvalue weighted by molar-refractivity contribution is 8.00. The maximum absolute atomic E-state index is 13.4. The largest absolute Gasteiger partial charge is 0.337 e. The predicted octanol–water partition coefficient (Wildman–Crippen LogP) is 5.76. The van der Waals surface area contributed by atoms with Gasteiger partial charge in [-0.05, 0) is 73.9 Å². The molecule has 1 aliphatic heterocycles. The zero-order chi connectivity index (χ0) is 27.4. The molecule has 38 heavy (non-hydrogen) atoms. The number of anilines is 1. The third-order valence-corrected chi connectivity index (χ3v) is 8.23. The molecule has 2 N–H and O–H groups in total. The number of nitrogens with zero attached hydrogens (tertiary/aromatic N) is 3. The number of aromatic amines is 1. The summed E-state index contributed by atoms with van der Waals surface area (Å²) >= 11 is 1.32. The molecule has 202 valence electrons. The molecular formula is C30H39N5O2S. The van der Waals surface area contributed by atoms with Crippen molar-refractivity contribution < 1.29 is 4.79 Å². The second-order valence-corrected chi connectivity index (χ2v) is 12.1. The molecule has 0 radical (unpaired) electrons. The standard InChI is InChI=1S/C30H39N5O2S/c1-20-10-7-11-21(2)27(20)25-19-26(36)32-29(31-25)33-38-24-13-8-12-23(18-24)28(37)35-15-9-14-34(16-17-35)22(3)30(4,5)6/h7-8,10-13,18-19,22H,9,14-17H2,1-6H3,(H2,31,32,33,36). The van der Waals surface area contributed by atoms with Crippen molar-refractivity contribution in [2.24, 2.45) is 5.41 Å². The Morgan fingerprint density at radius 3 is 2.45 bits per heavy atom. The van der Waals surface area contributed by atoms with Crippen LogP contribution in [0.5, 0.6) is 0 Å². The molecule has 0 bridgehead atoms. The number of hydrogen-bond acceptors (Lipinski definition) is 6. The lowest BCUT2D eigenvalue weighted by Gasteiger charge is -2.37. The normalized spacial score (nSPS) is 15.7. The molecule has 0 saturated carbocycles. The maximum atomic E-state index is 13.4. The molecule has 1 aliphatic rings. The van der Waals surface area contributed by atoms with E-state index in [1.807, 2.05) is 61.2 Å². The van der Waals surface area contributed by atoms with Crippen molar-refractivity contribution >= 4 is 23.8 Å². The van der Waals surface area contributed by atoms with Gasteiger partial charge in [-0.15, -0.1) is 0 Å². The SMILES string of the molecule is Cc1cccc(C)c1-c1cc(=O)[nH]c(NSc2cccc(C(=O)N3CCCN(C(C)C(C)(C)C)CC3)c2)n1. The molecule has 3 aromatic rings. The lowest BCUT2D eigenvalue weighted by Crippen LogP contribution is -2.44. The maximum Gasteiger partial charge on any atom is 0.253 e. The summed E-state index contributed by atoms with van der Waals surface area (Å²) in [5.74, 6) is 0.429. The van der Waals surface area contributed by atoms with Crippen molar-refractivity contribution in [2.75, 3.05) is 30.9 Å². The third kappa shape index (κ3) is 6.66. The Labute approximate surface area is 230 Å². The second kappa shape index (κ2) is 11.7. The zero-order valence-electron chi connectivity index (χ0n) is 23.3. The van der Waals surface area contributed by atoms with Gasteiger partial charge in [0.25, 0.3) is 11.5 Å². The zero-order valence-corrected chi connectivity index (χ0v) is 24.1. The summed E-state index contributed by atoms with van der Waals surface area (Å²) in [4.78, 5) is 38.5. The van der Waals surface area contributed by atoms with Crippen molar-refractivity contribution in [3.05, 3.63) is 75.6 Å². The van der Waals surface area contributed by atoms with E-state index in [0.717, 1.165) is 54.2 Å². The van der Waals surface area contributed by atoms with Gasteiger partial charge in [-0.25, -0.2) is 4.98 Å². The minimum atomic E-state index is -0.222. The van der Waals surface area contributed by atoms with E-state index in [1.165, 1.54) is 18.0 Å². The number of amides is 1. The van der Waals surface area contributed by atoms with Gasteiger partial charge >= 0.3 is 0 Å². The van der Waals surface area contributed by atoms with Crippen molar-refractivity contribution in [3.63, 3.8) is 0 Å². The molecule has 1 fully saturated rings. The van der Waals surface area contributed by atoms with Crippen LogP contribution in [0, 0.1) is 19.3 Å². The summed E-state index contributed by atoms with van der Waals surface area (Å²) in [6.45, 7) is 16.5. The number of carbonyl (C=O) groups is 1. The van der Waals surface area contributed by atoms with E-state index in [2.05, 4.69) is 47.3 Å². The molecule has 2 aromatic carbocycles. The molecule has 0 spiro atoms. The van der Waals surface area contributed by atoms with Crippen LogP contribution in [0.15, 0.2) is 58.2 Å². The summed E-state index contributed by atoms with van der Waals surface area (Å²) in [5.41, 5.74) is 4.38. The fraction of sp³-hybridized carbons (Fsp3) is 0.433. The molecule has 0 aliphatic carbocycles. The highest BCUT2D eigenvalue weighted by Crippen LogP contribution is 2.27. The molecule has 1 amide bonds. The van der Waals surface area contributed by atoms with Gasteiger partial charge in [-0.3, -0.25) is 24.2 Å². The molecule has 1 saturated heterocycles. The number of aromatic nitrogens is 2. The average Bonchev–Trinajstić information content (AvgIpc) is 3.12. The van der Waals surface area contributed by atoms with Gasteiger partial charge in [-0.1, -0.05) is 45.0 Å². The number of benzene rings is 2. The Bertz CT molecular complexity index is 1330. The Morgan fingerprint density at radius 2 is 1.74 bits per heavy atom. The van der Waals surface area contributed by atoms with Crippen LogP contribution in [0.3, 0.4) is 0 Å². The summed E-state index contributed by atoms with van der Waals surface area (Å²) in [6.07, 6.45) is 0.970. The van der Waals surface area contributed by atoms with E-state index in [4.69, 9.17) is 0 Å². The summed E-state index contributed by atoms with van der Waals surface area (Å²) in [6, 6.07) is 15.6. The highest BCUT2D eigenvalue weighted by Gasteiger charge is 2.29. The van der Waals surface area contributed by atoms with Crippen molar-refractivity contribution in [1.82, 2.24) is 19.8 Å². The van der Waals surface area contributed by atoms with Crippen LogP contribution in [-0.4, -0.2) is 57.9 Å². The van der Waals surface area contributed by atoms with Gasteiger partial charge in [0.2, 0.25) is 5.95 Å². The first-order valence-corrected chi connectivity index (χ1v) is 14.1. The van der Waals surface area contributed by atoms with Crippen LogP contribution in [0.1, 0.15) is 55.6 Å². The van der Waals surface area contributed by atoms with Gasteiger partial charge in [0.1, 0.15) is 0 Å². The van der Waals surface area contributed by atoms with Gasteiger partial charge in [0.05, 0.1) is 5.69 Å². The molecule has 1 atom stereocenters. The first-order chi connectivity index (χ1) is 18.0. The predicted molar refractivity (Wildman–Crippen MR) is 157 cm³/mol. The third-order valence-electron chi connectivity index (χ3n) is 7.44. The summed E-state index contributed by atoms with van der Waals surface area (Å²) in [7, 11) is 0. The minimum Gasteiger partial charge on any atom is -0.337 e. The summed E-state index contributed by atoms with van der Waals surface area (Å²) in [5, 5.41) is 0.